The number of aromatic nitrogens is 1. The first-order chi connectivity index (χ1) is 9.78. The van der Waals surface area contributed by atoms with Gasteiger partial charge < -0.3 is 19.8 Å². The average molecular weight is 274 g/mol. The highest BCUT2D eigenvalue weighted by Gasteiger charge is 2.17. The molecule has 2 aromatic rings. The minimum Gasteiger partial charge on any atom is -0.496 e. The molecule has 1 saturated heterocycles. The Morgan fingerprint density at radius 3 is 3.20 bits per heavy atom. The van der Waals surface area contributed by atoms with Crippen LogP contribution >= 0.6 is 0 Å². The van der Waals surface area contributed by atoms with Gasteiger partial charge in [0.05, 0.1) is 13.2 Å². The van der Waals surface area contributed by atoms with Crippen LogP contribution in [0.3, 0.4) is 0 Å². The molecular formula is C15H18N2O3. The summed E-state index contributed by atoms with van der Waals surface area (Å²) in [5.74, 6) is 0.649. The van der Waals surface area contributed by atoms with Gasteiger partial charge in [0, 0.05) is 24.1 Å². The number of amides is 1. The van der Waals surface area contributed by atoms with Crippen molar-refractivity contribution in [2.24, 2.45) is 0 Å². The molecule has 1 aliphatic heterocycles. The third-order valence-electron chi connectivity index (χ3n) is 3.60. The highest BCUT2D eigenvalue weighted by Crippen LogP contribution is 2.25. The van der Waals surface area contributed by atoms with Crippen LogP contribution in [0.15, 0.2) is 24.3 Å². The Hall–Kier alpha value is -2.01. The van der Waals surface area contributed by atoms with E-state index in [2.05, 4.69) is 10.3 Å². The van der Waals surface area contributed by atoms with Crippen LogP contribution in [0.4, 0.5) is 0 Å². The van der Waals surface area contributed by atoms with E-state index < -0.39 is 0 Å². The first-order valence-corrected chi connectivity index (χ1v) is 6.83. The van der Waals surface area contributed by atoms with Gasteiger partial charge in [0.15, 0.2) is 0 Å². The monoisotopic (exact) mass is 274 g/mol. The number of ether oxygens (including phenoxy) is 2. The maximum Gasteiger partial charge on any atom is 0.267 e. The molecule has 0 aliphatic carbocycles. The highest BCUT2D eigenvalue weighted by atomic mass is 16.5. The van der Waals surface area contributed by atoms with E-state index in [4.69, 9.17) is 9.47 Å². The summed E-state index contributed by atoms with van der Waals surface area (Å²) in [7, 11) is 1.62. The van der Waals surface area contributed by atoms with Crippen molar-refractivity contribution in [3.05, 3.63) is 30.0 Å². The number of hydrogen-bond donors (Lipinski definition) is 2. The lowest BCUT2D eigenvalue weighted by atomic mass is 10.2. The molecule has 2 N–H and O–H groups in total. The zero-order valence-corrected chi connectivity index (χ0v) is 11.4. The van der Waals surface area contributed by atoms with Crippen molar-refractivity contribution < 1.29 is 14.3 Å². The minimum atomic E-state index is -0.112. The van der Waals surface area contributed by atoms with Gasteiger partial charge >= 0.3 is 0 Å². The molecule has 1 amide bonds. The van der Waals surface area contributed by atoms with Crippen molar-refractivity contribution in [1.29, 1.82) is 0 Å². The molecule has 1 aromatic carbocycles. The smallest absolute Gasteiger partial charge is 0.267 e. The molecule has 1 aromatic heterocycles. The molecule has 20 heavy (non-hydrogen) atoms. The third-order valence-corrected chi connectivity index (χ3v) is 3.60. The molecule has 106 valence electrons. The van der Waals surface area contributed by atoms with Gasteiger partial charge in [-0.05, 0) is 31.0 Å². The van der Waals surface area contributed by atoms with E-state index in [1.54, 1.807) is 7.11 Å². The minimum absolute atomic E-state index is 0.112. The number of nitrogens with one attached hydrogen (secondary N) is 2. The predicted octanol–water partition coefficient (Wildman–Crippen LogP) is 2.09. The van der Waals surface area contributed by atoms with Crippen LogP contribution in [-0.4, -0.2) is 37.3 Å². The lowest BCUT2D eigenvalue weighted by molar-refractivity contribution is 0.0854. The number of carbonyl (C=O) groups excluding carboxylic acids is 1. The van der Waals surface area contributed by atoms with E-state index in [1.807, 2.05) is 24.3 Å². The van der Waals surface area contributed by atoms with Gasteiger partial charge in [0.2, 0.25) is 0 Å². The summed E-state index contributed by atoms with van der Waals surface area (Å²) in [5, 5.41) is 3.82. The number of rotatable bonds is 4. The summed E-state index contributed by atoms with van der Waals surface area (Å²) in [6.45, 7) is 1.36. The number of fused-ring (bicyclic) bond motifs is 1. The second kappa shape index (κ2) is 5.54. The molecule has 0 spiro atoms. The van der Waals surface area contributed by atoms with Crippen LogP contribution in [0.2, 0.25) is 0 Å². The first kappa shape index (κ1) is 13.0. The molecule has 1 fully saturated rings. The Morgan fingerprint density at radius 2 is 2.45 bits per heavy atom. The van der Waals surface area contributed by atoms with Crippen LogP contribution in [0.25, 0.3) is 10.9 Å². The normalized spacial score (nSPS) is 18.4. The second-order valence-corrected chi connectivity index (χ2v) is 4.95. The molecule has 1 atom stereocenters. The zero-order chi connectivity index (χ0) is 13.9. The van der Waals surface area contributed by atoms with Crippen molar-refractivity contribution in [2.45, 2.75) is 18.9 Å². The maximum atomic E-state index is 12.1. The molecule has 0 unspecified atom stereocenters. The number of methoxy groups -OCH3 is 1. The molecule has 0 bridgehead atoms. The first-order valence-electron chi connectivity index (χ1n) is 6.83. The molecule has 5 heteroatoms. The standard InChI is InChI=1S/C15H18N2O3/c1-19-14-6-2-5-12-11(14)8-13(17-12)15(18)16-9-10-4-3-7-20-10/h2,5-6,8,10,17H,3-4,7,9H2,1H3,(H,16,18)/t10-/m1/s1. The fourth-order valence-corrected chi connectivity index (χ4v) is 2.53. The van der Waals surface area contributed by atoms with Crippen molar-refractivity contribution in [3.63, 3.8) is 0 Å². The number of benzene rings is 1. The quantitative estimate of drug-likeness (QED) is 0.897. The van der Waals surface area contributed by atoms with E-state index in [0.717, 1.165) is 36.1 Å². The summed E-state index contributed by atoms with van der Waals surface area (Å²) < 4.78 is 10.8. The lowest BCUT2D eigenvalue weighted by Crippen LogP contribution is -2.31. The lowest BCUT2D eigenvalue weighted by Gasteiger charge is -2.09. The number of aromatic amines is 1. The topological polar surface area (TPSA) is 63.4 Å². The SMILES string of the molecule is COc1cccc2[nH]c(C(=O)NC[C@H]3CCCO3)cc12. The molecule has 1 aliphatic rings. The van der Waals surface area contributed by atoms with Crippen LogP contribution in [0, 0.1) is 0 Å². The number of H-pyrrole nitrogens is 1. The average Bonchev–Trinajstić information content (AvgIpc) is 3.12. The van der Waals surface area contributed by atoms with Crippen molar-refractivity contribution in [1.82, 2.24) is 10.3 Å². The molecule has 0 radical (unpaired) electrons. The van der Waals surface area contributed by atoms with Crippen LogP contribution < -0.4 is 10.1 Å². The summed E-state index contributed by atoms with van der Waals surface area (Å²) in [6.07, 6.45) is 2.24. The van der Waals surface area contributed by atoms with E-state index in [1.165, 1.54) is 0 Å². The molecule has 2 heterocycles. The van der Waals surface area contributed by atoms with Gasteiger partial charge in [0.1, 0.15) is 11.4 Å². The Bertz CT molecular complexity index is 615. The van der Waals surface area contributed by atoms with Crippen molar-refractivity contribution in [2.75, 3.05) is 20.3 Å². The molecule has 0 saturated carbocycles. The Kier molecular flexibility index (Phi) is 3.60. The van der Waals surface area contributed by atoms with E-state index in [-0.39, 0.29) is 12.0 Å². The summed E-state index contributed by atoms with van der Waals surface area (Å²) in [4.78, 5) is 15.2. The van der Waals surface area contributed by atoms with E-state index in [0.29, 0.717) is 12.2 Å². The zero-order valence-electron chi connectivity index (χ0n) is 11.4. The highest BCUT2D eigenvalue weighted by molar-refractivity contribution is 5.99. The third kappa shape index (κ3) is 2.49. The van der Waals surface area contributed by atoms with Crippen LogP contribution in [0.1, 0.15) is 23.3 Å². The largest absolute Gasteiger partial charge is 0.496 e. The fourth-order valence-electron chi connectivity index (χ4n) is 2.53. The number of hydrogen-bond acceptors (Lipinski definition) is 3. The van der Waals surface area contributed by atoms with E-state index in [9.17, 15) is 4.79 Å². The number of carbonyl (C=O) groups is 1. The summed E-state index contributed by atoms with van der Waals surface area (Å²) in [6, 6.07) is 7.52. The van der Waals surface area contributed by atoms with Gasteiger partial charge in [-0.25, -0.2) is 0 Å². The van der Waals surface area contributed by atoms with E-state index >= 15 is 0 Å². The van der Waals surface area contributed by atoms with Gasteiger partial charge in [0.25, 0.3) is 5.91 Å². The van der Waals surface area contributed by atoms with Gasteiger partial charge in [-0.1, -0.05) is 6.07 Å². The fraction of sp³-hybridized carbons (Fsp3) is 0.400. The van der Waals surface area contributed by atoms with Crippen molar-refractivity contribution in [3.8, 4) is 5.75 Å². The molecule has 5 nitrogen and oxygen atoms in total. The Morgan fingerprint density at radius 1 is 1.55 bits per heavy atom. The Balaban J connectivity index is 1.74. The van der Waals surface area contributed by atoms with Crippen LogP contribution in [0.5, 0.6) is 5.75 Å². The van der Waals surface area contributed by atoms with Crippen LogP contribution in [-0.2, 0) is 4.74 Å². The predicted molar refractivity (Wildman–Crippen MR) is 76.2 cm³/mol. The summed E-state index contributed by atoms with van der Waals surface area (Å²) in [5.41, 5.74) is 1.44. The Labute approximate surface area is 117 Å². The molecular weight excluding hydrogens is 256 g/mol. The molecule has 3 rings (SSSR count). The summed E-state index contributed by atoms with van der Waals surface area (Å²) >= 11 is 0. The van der Waals surface area contributed by atoms with Gasteiger partial charge in [-0.15, -0.1) is 0 Å². The van der Waals surface area contributed by atoms with Gasteiger partial charge in [-0.2, -0.15) is 0 Å². The maximum absolute atomic E-state index is 12.1. The van der Waals surface area contributed by atoms with Crippen molar-refractivity contribution >= 4 is 16.8 Å². The van der Waals surface area contributed by atoms with Gasteiger partial charge in [-0.3, -0.25) is 4.79 Å². The second-order valence-electron chi connectivity index (χ2n) is 4.95.